The number of ether oxygens (including phenoxy) is 1. The molecule has 0 saturated carbocycles. The lowest BCUT2D eigenvalue weighted by Gasteiger charge is -2.32. The highest BCUT2D eigenvalue weighted by atomic mass is 16.5. The van der Waals surface area contributed by atoms with E-state index in [1.54, 1.807) is 0 Å². The maximum atomic E-state index is 12.4. The summed E-state index contributed by atoms with van der Waals surface area (Å²) >= 11 is 0. The third-order valence-corrected chi connectivity index (χ3v) is 5.02. The molecule has 1 saturated heterocycles. The zero-order valence-corrected chi connectivity index (χ0v) is 15.4. The van der Waals surface area contributed by atoms with Crippen LogP contribution in [0.15, 0.2) is 54.6 Å². The average Bonchev–Trinajstić information content (AvgIpc) is 2.68. The van der Waals surface area contributed by atoms with E-state index >= 15 is 0 Å². The van der Waals surface area contributed by atoms with Crippen molar-refractivity contribution in [2.45, 2.75) is 38.3 Å². The van der Waals surface area contributed by atoms with Crippen LogP contribution >= 0.6 is 0 Å². The number of hydrogen-bond acceptors (Lipinski definition) is 3. The minimum absolute atomic E-state index is 0.0370. The van der Waals surface area contributed by atoms with Crippen molar-refractivity contribution >= 4 is 5.91 Å². The molecule has 1 aliphatic heterocycles. The van der Waals surface area contributed by atoms with Crippen LogP contribution in [0.5, 0.6) is 0 Å². The Morgan fingerprint density at radius 3 is 2.65 bits per heavy atom. The maximum Gasteiger partial charge on any atom is 0.237 e. The quantitative estimate of drug-likeness (QED) is 0.839. The van der Waals surface area contributed by atoms with E-state index in [9.17, 15) is 4.79 Å². The van der Waals surface area contributed by atoms with E-state index in [0.29, 0.717) is 13.0 Å². The van der Waals surface area contributed by atoms with Gasteiger partial charge in [-0.05, 0) is 37.3 Å². The molecule has 0 aromatic heterocycles. The van der Waals surface area contributed by atoms with Crippen molar-refractivity contribution in [2.75, 3.05) is 13.2 Å². The van der Waals surface area contributed by atoms with Gasteiger partial charge in [-0.15, -0.1) is 0 Å². The Morgan fingerprint density at radius 2 is 1.92 bits per heavy atom. The predicted molar refractivity (Wildman–Crippen MR) is 104 cm³/mol. The van der Waals surface area contributed by atoms with Gasteiger partial charge in [-0.2, -0.15) is 0 Å². The Morgan fingerprint density at radius 1 is 1.19 bits per heavy atom. The lowest BCUT2D eigenvalue weighted by Crippen LogP contribution is -2.45. The first-order valence-electron chi connectivity index (χ1n) is 9.39. The summed E-state index contributed by atoms with van der Waals surface area (Å²) in [6.45, 7) is 3.45. The van der Waals surface area contributed by atoms with E-state index in [4.69, 9.17) is 10.5 Å². The zero-order chi connectivity index (χ0) is 18.4. The molecule has 2 aromatic carbocycles. The molecule has 0 aliphatic carbocycles. The van der Waals surface area contributed by atoms with Crippen LogP contribution in [-0.2, 0) is 16.0 Å². The van der Waals surface area contributed by atoms with Gasteiger partial charge in [0.25, 0.3) is 0 Å². The first-order chi connectivity index (χ1) is 12.6. The number of rotatable bonds is 6. The van der Waals surface area contributed by atoms with Crippen molar-refractivity contribution in [1.29, 1.82) is 0 Å². The Kier molecular flexibility index (Phi) is 6.42. The fourth-order valence-corrected chi connectivity index (χ4v) is 3.50. The van der Waals surface area contributed by atoms with Gasteiger partial charge < -0.3 is 15.8 Å². The minimum Gasteiger partial charge on any atom is -0.373 e. The van der Waals surface area contributed by atoms with Crippen LogP contribution in [0.3, 0.4) is 0 Å². The summed E-state index contributed by atoms with van der Waals surface area (Å²) in [7, 11) is 0. The van der Waals surface area contributed by atoms with Crippen LogP contribution in [0, 0.1) is 12.8 Å². The summed E-state index contributed by atoms with van der Waals surface area (Å²) < 4.78 is 6.02. The second-order valence-corrected chi connectivity index (χ2v) is 7.15. The van der Waals surface area contributed by atoms with Crippen LogP contribution in [-0.4, -0.2) is 25.1 Å². The molecular weight excluding hydrogens is 324 g/mol. The van der Waals surface area contributed by atoms with E-state index in [-0.39, 0.29) is 17.9 Å². The third-order valence-electron chi connectivity index (χ3n) is 5.02. The van der Waals surface area contributed by atoms with Gasteiger partial charge in [0.15, 0.2) is 0 Å². The molecule has 0 bridgehead atoms. The number of amides is 1. The fourth-order valence-electron chi connectivity index (χ4n) is 3.50. The summed E-state index contributed by atoms with van der Waals surface area (Å²) in [5, 5.41) is 3.04. The molecule has 3 rings (SSSR count). The molecule has 3 N–H and O–H groups in total. The molecule has 26 heavy (non-hydrogen) atoms. The number of hydrogen-bond donors (Lipinski definition) is 2. The van der Waals surface area contributed by atoms with Gasteiger partial charge in [0.05, 0.1) is 12.1 Å². The van der Waals surface area contributed by atoms with Crippen molar-refractivity contribution in [2.24, 2.45) is 11.7 Å². The second-order valence-electron chi connectivity index (χ2n) is 7.15. The zero-order valence-electron chi connectivity index (χ0n) is 15.4. The monoisotopic (exact) mass is 352 g/mol. The molecular formula is C22H28N2O2. The molecule has 3 atom stereocenters. The summed E-state index contributed by atoms with van der Waals surface area (Å²) in [6.07, 6.45) is 2.66. The lowest BCUT2D eigenvalue weighted by atomic mass is 9.89. The molecule has 0 radical (unpaired) electrons. The highest BCUT2D eigenvalue weighted by Gasteiger charge is 2.28. The van der Waals surface area contributed by atoms with Gasteiger partial charge in [-0.3, -0.25) is 4.79 Å². The number of aryl methyl sites for hydroxylation is 1. The number of carbonyl (C=O) groups excluding carboxylic acids is 1. The molecule has 1 aliphatic rings. The van der Waals surface area contributed by atoms with Gasteiger partial charge in [-0.1, -0.05) is 60.2 Å². The van der Waals surface area contributed by atoms with E-state index in [2.05, 4.69) is 36.5 Å². The van der Waals surface area contributed by atoms with Crippen LogP contribution in [0.4, 0.5) is 0 Å². The lowest BCUT2D eigenvalue weighted by molar-refractivity contribution is -0.123. The van der Waals surface area contributed by atoms with Crippen LogP contribution in [0.1, 0.15) is 35.6 Å². The number of carbonyl (C=O) groups is 1. The Labute approximate surface area is 155 Å². The Hall–Kier alpha value is -2.17. The first-order valence-corrected chi connectivity index (χ1v) is 9.39. The Balaban J connectivity index is 1.56. The average molecular weight is 352 g/mol. The van der Waals surface area contributed by atoms with Gasteiger partial charge in [-0.25, -0.2) is 0 Å². The summed E-state index contributed by atoms with van der Waals surface area (Å²) in [5.74, 6) is 0.182. The molecule has 1 amide bonds. The van der Waals surface area contributed by atoms with E-state index in [0.717, 1.165) is 25.0 Å². The topological polar surface area (TPSA) is 64.3 Å². The van der Waals surface area contributed by atoms with Crippen molar-refractivity contribution in [3.63, 3.8) is 0 Å². The highest BCUT2D eigenvalue weighted by molar-refractivity contribution is 5.81. The molecule has 2 aromatic rings. The van der Waals surface area contributed by atoms with Gasteiger partial charge in [0.1, 0.15) is 0 Å². The highest BCUT2D eigenvalue weighted by Crippen LogP contribution is 2.33. The molecule has 4 heteroatoms. The van der Waals surface area contributed by atoms with E-state index in [1.807, 2.05) is 30.3 Å². The Bertz CT molecular complexity index is 700. The summed E-state index contributed by atoms with van der Waals surface area (Å²) in [6, 6.07) is 17.8. The standard InChI is InChI=1S/C22H28N2O2/c1-16-9-11-18(12-10-16)21-19(8-5-13-26-21)15-24-22(25)20(23)14-17-6-3-2-4-7-17/h2-4,6-7,9-12,19-21H,5,8,13-15,23H2,1H3,(H,24,25)/t19?,20-,21?/m0/s1. The van der Waals surface area contributed by atoms with Gasteiger partial charge in [0.2, 0.25) is 5.91 Å². The first kappa shape index (κ1) is 18.6. The molecule has 1 heterocycles. The predicted octanol–water partition coefficient (Wildman–Crippen LogP) is 3.15. The van der Waals surface area contributed by atoms with Crippen LogP contribution in [0.25, 0.3) is 0 Å². The van der Waals surface area contributed by atoms with Crippen molar-refractivity contribution < 1.29 is 9.53 Å². The largest absolute Gasteiger partial charge is 0.373 e. The molecule has 0 spiro atoms. The third kappa shape index (κ3) is 4.93. The van der Waals surface area contributed by atoms with Crippen molar-refractivity contribution in [3.8, 4) is 0 Å². The van der Waals surface area contributed by atoms with Gasteiger partial charge >= 0.3 is 0 Å². The normalized spacial score (nSPS) is 21.2. The number of benzene rings is 2. The van der Waals surface area contributed by atoms with Crippen LogP contribution < -0.4 is 11.1 Å². The van der Waals surface area contributed by atoms with E-state index in [1.165, 1.54) is 11.1 Å². The second kappa shape index (κ2) is 8.97. The van der Waals surface area contributed by atoms with E-state index < -0.39 is 6.04 Å². The number of nitrogens with two attached hydrogens (primary N) is 1. The maximum absolute atomic E-state index is 12.4. The summed E-state index contributed by atoms with van der Waals surface area (Å²) in [5.41, 5.74) is 9.58. The van der Waals surface area contributed by atoms with Crippen molar-refractivity contribution in [1.82, 2.24) is 5.32 Å². The van der Waals surface area contributed by atoms with Gasteiger partial charge in [0, 0.05) is 19.1 Å². The fraction of sp³-hybridized carbons (Fsp3) is 0.409. The minimum atomic E-state index is -0.528. The molecule has 1 fully saturated rings. The van der Waals surface area contributed by atoms with Crippen LogP contribution in [0.2, 0.25) is 0 Å². The molecule has 2 unspecified atom stereocenters. The smallest absolute Gasteiger partial charge is 0.237 e. The van der Waals surface area contributed by atoms with Crippen molar-refractivity contribution in [3.05, 3.63) is 71.3 Å². The SMILES string of the molecule is Cc1ccc(C2OCCCC2CNC(=O)[C@@H](N)Cc2ccccc2)cc1. The number of nitrogens with one attached hydrogen (secondary N) is 1. The summed E-state index contributed by atoms with van der Waals surface area (Å²) in [4.78, 5) is 12.4. The molecule has 138 valence electrons. The molecule has 4 nitrogen and oxygen atoms in total.